The third-order valence-electron chi connectivity index (χ3n) is 5.27. The second-order valence-corrected chi connectivity index (χ2v) is 11.4. The summed E-state index contributed by atoms with van der Waals surface area (Å²) in [5.74, 6) is -0.545. The smallest absolute Gasteiger partial charge is 0.244 e. The Morgan fingerprint density at radius 1 is 1.03 bits per heavy atom. The number of aryl methyl sites for hydroxylation is 2. The van der Waals surface area contributed by atoms with Gasteiger partial charge < -0.3 is 10.2 Å². The fourth-order valence-corrected chi connectivity index (χ4v) is 4.62. The molecule has 186 valence electrons. The summed E-state index contributed by atoms with van der Waals surface area (Å²) < 4.78 is 26.4. The van der Waals surface area contributed by atoms with Gasteiger partial charge in [-0.2, -0.15) is 0 Å². The fourth-order valence-electron chi connectivity index (χ4n) is 3.58. The van der Waals surface area contributed by atoms with Crippen molar-refractivity contribution in [2.75, 3.05) is 23.7 Å². The molecular formula is C25H34ClN3O4S. The van der Waals surface area contributed by atoms with Crippen molar-refractivity contribution < 1.29 is 18.0 Å². The van der Waals surface area contributed by atoms with Gasteiger partial charge in [-0.25, -0.2) is 8.42 Å². The molecule has 1 atom stereocenters. The van der Waals surface area contributed by atoms with Crippen LogP contribution in [-0.2, 0) is 26.2 Å². The van der Waals surface area contributed by atoms with Gasteiger partial charge in [0, 0.05) is 18.1 Å². The highest BCUT2D eigenvalue weighted by Gasteiger charge is 2.30. The first-order valence-corrected chi connectivity index (χ1v) is 13.4. The van der Waals surface area contributed by atoms with Gasteiger partial charge in [-0.3, -0.25) is 13.9 Å². The molecule has 2 rings (SSSR count). The number of carbonyl (C=O) groups is 2. The lowest BCUT2D eigenvalue weighted by atomic mass is 10.1. The lowest BCUT2D eigenvalue weighted by Gasteiger charge is -2.31. The molecule has 2 aromatic rings. The Bertz CT molecular complexity index is 1110. The molecule has 0 saturated carbocycles. The Hall–Kier alpha value is -2.58. The Kier molecular flexibility index (Phi) is 9.53. The highest BCUT2D eigenvalue weighted by atomic mass is 35.5. The van der Waals surface area contributed by atoms with Crippen molar-refractivity contribution in [3.05, 3.63) is 64.2 Å². The average molecular weight is 508 g/mol. The van der Waals surface area contributed by atoms with E-state index in [-0.39, 0.29) is 18.4 Å². The van der Waals surface area contributed by atoms with Crippen LogP contribution in [0, 0.1) is 19.8 Å². The number of nitrogens with zero attached hydrogens (tertiary/aromatic N) is 2. The molecule has 0 bridgehead atoms. The minimum absolute atomic E-state index is 0.111. The summed E-state index contributed by atoms with van der Waals surface area (Å²) in [4.78, 5) is 27.7. The molecule has 0 radical (unpaired) electrons. The average Bonchev–Trinajstić information content (AvgIpc) is 2.71. The van der Waals surface area contributed by atoms with Crippen molar-refractivity contribution in [3.63, 3.8) is 0 Å². The highest BCUT2D eigenvalue weighted by Crippen LogP contribution is 2.22. The first kappa shape index (κ1) is 27.7. The Morgan fingerprint density at radius 3 is 2.18 bits per heavy atom. The number of hydrogen-bond donors (Lipinski definition) is 1. The predicted octanol–water partition coefficient (Wildman–Crippen LogP) is 3.91. The number of halogens is 1. The summed E-state index contributed by atoms with van der Waals surface area (Å²) in [5, 5.41) is 3.36. The molecule has 0 aliphatic rings. The van der Waals surface area contributed by atoms with Crippen LogP contribution in [-0.4, -0.2) is 50.5 Å². The van der Waals surface area contributed by atoms with Crippen LogP contribution < -0.4 is 9.62 Å². The monoisotopic (exact) mass is 507 g/mol. The largest absolute Gasteiger partial charge is 0.354 e. The SMILES string of the molecule is Cc1cc(C)cc(N(CC(=O)N(Cc2cccc(Cl)c2)[C@@H](C)C(=O)NCC(C)C)S(C)(=O)=O)c1. The van der Waals surface area contributed by atoms with E-state index in [0.29, 0.717) is 17.3 Å². The van der Waals surface area contributed by atoms with Gasteiger partial charge in [0.1, 0.15) is 12.6 Å². The summed E-state index contributed by atoms with van der Waals surface area (Å²) in [7, 11) is -3.76. The molecule has 7 nitrogen and oxygen atoms in total. The van der Waals surface area contributed by atoms with Gasteiger partial charge in [0.05, 0.1) is 11.9 Å². The number of anilines is 1. The van der Waals surface area contributed by atoms with Gasteiger partial charge in [0.2, 0.25) is 21.8 Å². The normalized spacial score (nSPS) is 12.4. The molecule has 9 heteroatoms. The Balaban J connectivity index is 2.40. The van der Waals surface area contributed by atoms with Gasteiger partial charge >= 0.3 is 0 Å². The minimum atomic E-state index is -3.76. The quantitative estimate of drug-likeness (QED) is 0.528. The van der Waals surface area contributed by atoms with Gasteiger partial charge in [0.15, 0.2) is 0 Å². The molecule has 0 unspecified atom stereocenters. The molecule has 2 aromatic carbocycles. The van der Waals surface area contributed by atoms with E-state index in [9.17, 15) is 18.0 Å². The number of amides is 2. The van der Waals surface area contributed by atoms with Crippen molar-refractivity contribution in [2.45, 2.75) is 47.2 Å². The lowest BCUT2D eigenvalue weighted by Crippen LogP contribution is -2.51. The van der Waals surface area contributed by atoms with E-state index in [2.05, 4.69) is 5.32 Å². The van der Waals surface area contributed by atoms with E-state index in [0.717, 1.165) is 27.3 Å². The maximum Gasteiger partial charge on any atom is 0.244 e. The van der Waals surface area contributed by atoms with Crippen LogP contribution in [0.2, 0.25) is 5.02 Å². The summed E-state index contributed by atoms with van der Waals surface area (Å²) >= 11 is 6.12. The van der Waals surface area contributed by atoms with E-state index < -0.39 is 28.5 Å². The summed E-state index contributed by atoms with van der Waals surface area (Å²) in [6.45, 7) is 9.49. The highest BCUT2D eigenvalue weighted by molar-refractivity contribution is 7.92. The van der Waals surface area contributed by atoms with Crippen LogP contribution in [0.15, 0.2) is 42.5 Å². The van der Waals surface area contributed by atoms with E-state index in [4.69, 9.17) is 11.6 Å². The van der Waals surface area contributed by atoms with Crippen LogP contribution in [0.4, 0.5) is 5.69 Å². The second kappa shape index (κ2) is 11.7. The van der Waals surface area contributed by atoms with Crippen LogP contribution in [0.1, 0.15) is 37.5 Å². The van der Waals surface area contributed by atoms with Crippen LogP contribution in [0.5, 0.6) is 0 Å². The van der Waals surface area contributed by atoms with Crippen LogP contribution >= 0.6 is 11.6 Å². The zero-order valence-corrected chi connectivity index (χ0v) is 22.2. The number of rotatable bonds is 10. The Labute approximate surface area is 208 Å². The van der Waals surface area contributed by atoms with Crippen molar-refractivity contribution in [1.29, 1.82) is 0 Å². The number of sulfonamides is 1. The first-order chi connectivity index (χ1) is 15.8. The van der Waals surface area contributed by atoms with E-state index in [1.165, 1.54) is 4.90 Å². The zero-order valence-electron chi connectivity index (χ0n) is 20.6. The molecule has 0 spiro atoms. The third kappa shape index (κ3) is 8.02. The summed E-state index contributed by atoms with van der Waals surface area (Å²) in [6, 6.07) is 11.6. The standard InChI is InChI=1S/C25H34ClN3O4S/c1-17(2)14-27-25(31)20(5)28(15-21-8-7-9-22(26)13-21)24(30)16-29(34(6,32)33)23-11-18(3)10-19(4)12-23/h7-13,17,20H,14-16H2,1-6H3,(H,27,31)/t20-/m0/s1. The zero-order chi connectivity index (χ0) is 25.6. The molecule has 0 saturated heterocycles. The molecule has 0 heterocycles. The van der Waals surface area contributed by atoms with Gasteiger partial charge in [-0.1, -0.05) is 43.6 Å². The van der Waals surface area contributed by atoms with Crippen molar-refractivity contribution in [1.82, 2.24) is 10.2 Å². The van der Waals surface area contributed by atoms with Gasteiger partial charge in [-0.15, -0.1) is 0 Å². The third-order valence-corrected chi connectivity index (χ3v) is 6.64. The minimum Gasteiger partial charge on any atom is -0.354 e. The molecule has 34 heavy (non-hydrogen) atoms. The summed E-state index contributed by atoms with van der Waals surface area (Å²) in [5.41, 5.74) is 2.91. The molecule has 2 amide bonds. The number of hydrogen-bond acceptors (Lipinski definition) is 4. The molecule has 0 aliphatic heterocycles. The second-order valence-electron chi connectivity index (χ2n) is 9.08. The van der Waals surface area contributed by atoms with E-state index in [1.807, 2.05) is 39.8 Å². The van der Waals surface area contributed by atoms with Crippen LogP contribution in [0.3, 0.4) is 0 Å². The molecule has 1 N–H and O–H groups in total. The molecule has 0 aliphatic carbocycles. The predicted molar refractivity (Wildman–Crippen MR) is 137 cm³/mol. The van der Waals surface area contributed by atoms with Crippen LogP contribution in [0.25, 0.3) is 0 Å². The first-order valence-electron chi connectivity index (χ1n) is 11.2. The van der Waals surface area contributed by atoms with E-state index >= 15 is 0 Å². The fraction of sp³-hybridized carbons (Fsp3) is 0.440. The molecular weight excluding hydrogens is 474 g/mol. The number of benzene rings is 2. The molecule has 0 aromatic heterocycles. The van der Waals surface area contributed by atoms with E-state index in [1.54, 1.807) is 37.3 Å². The maximum absolute atomic E-state index is 13.5. The Morgan fingerprint density at radius 2 is 1.65 bits per heavy atom. The topological polar surface area (TPSA) is 86.8 Å². The number of nitrogens with one attached hydrogen (secondary N) is 1. The van der Waals surface area contributed by atoms with Crippen molar-refractivity contribution in [2.24, 2.45) is 5.92 Å². The summed E-state index contributed by atoms with van der Waals surface area (Å²) in [6.07, 6.45) is 1.07. The van der Waals surface area contributed by atoms with Crippen molar-refractivity contribution in [3.8, 4) is 0 Å². The van der Waals surface area contributed by atoms with Gasteiger partial charge in [-0.05, 0) is 67.6 Å². The van der Waals surface area contributed by atoms with Crippen molar-refractivity contribution >= 4 is 39.1 Å². The molecule has 0 fully saturated rings. The lowest BCUT2D eigenvalue weighted by molar-refractivity contribution is -0.139. The number of carbonyl (C=O) groups excluding carboxylic acids is 2. The maximum atomic E-state index is 13.5. The van der Waals surface area contributed by atoms with Gasteiger partial charge in [0.25, 0.3) is 0 Å².